The number of amides is 2. The Morgan fingerprint density at radius 1 is 1.47 bits per heavy atom. The molecule has 1 saturated heterocycles. The van der Waals surface area contributed by atoms with Crippen molar-refractivity contribution in [3.05, 3.63) is 0 Å². The van der Waals surface area contributed by atoms with E-state index < -0.39 is 0 Å². The lowest BCUT2D eigenvalue weighted by Gasteiger charge is -2.23. The molecule has 0 radical (unpaired) electrons. The van der Waals surface area contributed by atoms with Crippen LogP contribution in [0.1, 0.15) is 44.9 Å². The summed E-state index contributed by atoms with van der Waals surface area (Å²) in [5.74, 6) is 0.0888. The highest BCUT2D eigenvalue weighted by atomic mass is 16.2. The number of rotatable bonds is 4. The highest BCUT2D eigenvalue weighted by Gasteiger charge is 2.32. The summed E-state index contributed by atoms with van der Waals surface area (Å²) in [4.78, 5) is 22.7. The maximum atomic E-state index is 11.7. The van der Waals surface area contributed by atoms with E-state index in [0.29, 0.717) is 19.4 Å². The van der Waals surface area contributed by atoms with Gasteiger partial charge in [-0.15, -0.1) is 0 Å². The van der Waals surface area contributed by atoms with E-state index in [4.69, 9.17) is 5.73 Å². The first-order valence-electron chi connectivity index (χ1n) is 6.42. The molecule has 2 fully saturated rings. The van der Waals surface area contributed by atoms with Crippen LogP contribution in [0.3, 0.4) is 0 Å². The second-order valence-electron chi connectivity index (χ2n) is 5.35. The quantitative estimate of drug-likeness (QED) is 0.647. The second kappa shape index (κ2) is 5.04. The Morgan fingerprint density at radius 2 is 2.18 bits per heavy atom. The van der Waals surface area contributed by atoms with Crippen molar-refractivity contribution < 1.29 is 9.59 Å². The van der Waals surface area contributed by atoms with Gasteiger partial charge in [0.05, 0.1) is 0 Å². The predicted octanol–water partition coefficient (Wildman–Crippen LogP) is 0.0428. The highest BCUT2D eigenvalue weighted by Crippen LogP contribution is 2.29. The average molecular weight is 239 g/mol. The normalized spacial score (nSPS) is 26.9. The van der Waals surface area contributed by atoms with Crippen LogP contribution in [0.2, 0.25) is 0 Å². The first-order chi connectivity index (χ1) is 8.07. The number of hydrogen-bond donors (Lipinski definition) is 3. The van der Waals surface area contributed by atoms with Gasteiger partial charge in [-0.3, -0.25) is 9.59 Å². The monoisotopic (exact) mass is 239 g/mol. The van der Waals surface area contributed by atoms with Gasteiger partial charge in [-0.2, -0.15) is 0 Å². The molecule has 0 aromatic carbocycles. The van der Waals surface area contributed by atoms with Crippen LogP contribution >= 0.6 is 0 Å². The zero-order valence-electron chi connectivity index (χ0n) is 10.1. The van der Waals surface area contributed by atoms with Gasteiger partial charge >= 0.3 is 0 Å². The third-order valence-electron chi connectivity index (χ3n) is 3.74. The molecular weight excluding hydrogens is 218 g/mol. The number of hydrogen-bond acceptors (Lipinski definition) is 3. The summed E-state index contributed by atoms with van der Waals surface area (Å²) in [6.45, 7) is 0.528. The number of nitrogens with one attached hydrogen (secondary N) is 2. The third-order valence-corrected chi connectivity index (χ3v) is 3.74. The van der Waals surface area contributed by atoms with Crippen molar-refractivity contribution in [2.24, 2.45) is 5.73 Å². The van der Waals surface area contributed by atoms with Gasteiger partial charge in [0.1, 0.15) is 0 Å². The zero-order valence-corrected chi connectivity index (χ0v) is 10.1. The van der Waals surface area contributed by atoms with Crippen molar-refractivity contribution in [1.82, 2.24) is 10.6 Å². The molecule has 96 valence electrons. The van der Waals surface area contributed by atoms with E-state index in [2.05, 4.69) is 10.6 Å². The van der Waals surface area contributed by atoms with E-state index in [-0.39, 0.29) is 23.4 Å². The van der Waals surface area contributed by atoms with Crippen LogP contribution in [0.25, 0.3) is 0 Å². The summed E-state index contributed by atoms with van der Waals surface area (Å²) in [7, 11) is 0. The molecule has 5 nitrogen and oxygen atoms in total. The van der Waals surface area contributed by atoms with Crippen LogP contribution in [-0.4, -0.2) is 29.9 Å². The Hall–Kier alpha value is -1.10. The van der Waals surface area contributed by atoms with E-state index >= 15 is 0 Å². The largest absolute Gasteiger partial charge is 0.354 e. The van der Waals surface area contributed by atoms with E-state index in [0.717, 1.165) is 32.1 Å². The number of carbonyl (C=O) groups is 2. The van der Waals surface area contributed by atoms with Gasteiger partial charge in [0, 0.05) is 31.0 Å². The fourth-order valence-electron chi connectivity index (χ4n) is 2.71. The fraction of sp³-hybridized carbons (Fsp3) is 0.833. The average Bonchev–Trinajstić information content (AvgIpc) is 2.85. The van der Waals surface area contributed by atoms with Gasteiger partial charge in [0.15, 0.2) is 0 Å². The smallest absolute Gasteiger partial charge is 0.221 e. The Bertz CT molecular complexity index is 311. The number of nitrogens with two attached hydrogens (primary N) is 1. The van der Waals surface area contributed by atoms with Crippen molar-refractivity contribution >= 4 is 11.8 Å². The van der Waals surface area contributed by atoms with Gasteiger partial charge < -0.3 is 16.4 Å². The summed E-state index contributed by atoms with van der Waals surface area (Å²) in [5.41, 5.74) is 5.85. The number of carbonyl (C=O) groups excluding carboxylic acids is 2. The van der Waals surface area contributed by atoms with Crippen LogP contribution in [0.15, 0.2) is 0 Å². The van der Waals surface area contributed by atoms with Gasteiger partial charge in [0.2, 0.25) is 11.8 Å². The van der Waals surface area contributed by atoms with E-state index in [9.17, 15) is 9.59 Å². The SMILES string of the molecule is NC1(CC(=O)NCC2CCC(=O)N2)CCCC1. The van der Waals surface area contributed by atoms with Crippen LogP contribution in [0.4, 0.5) is 0 Å². The van der Waals surface area contributed by atoms with Crippen LogP contribution in [0, 0.1) is 0 Å². The van der Waals surface area contributed by atoms with Crippen molar-refractivity contribution in [1.29, 1.82) is 0 Å². The van der Waals surface area contributed by atoms with Crippen LogP contribution in [0.5, 0.6) is 0 Å². The summed E-state index contributed by atoms with van der Waals surface area (Å²) < 4.78 is 0. The molecule has 1 atom stereocenters. The van der Waals surface area contributed by atoms with Crippen LogP contribution < -0.4 is 16.4 Å². The second-order valence-corrected chi connectivity index (χ2v) is 5.35. The van der Waals surface area contributed by atoms with Gasteiger partial charge in [0.25, 0.3) is 0 Å². The first kappa shape index (κ1) is 12.4. The van der Waals surface area contributed by atoms with Crippen LogP contribution in [-0.2, 0) is 9.59 Å². The molecule has 1 aliphatic carbocycles. The molecule has 1 saturated carbocycles. The van der Waals surface area contributed by atoms with Gasteiger partial charge in [-0.1, -0.05) is 12.8 Å². The molecule has 1 heterocycles. The molecule has 1 aliphatic heterocycles. The minimum Gasteiger partial charge on any atom is -0.354 e. The Morgan fingerprint density at radius 3 is 2.76 bits per heavy atom. The Labute approximate surface area is 102 Å². The van der Waals surface area contributed by atoms with Crippen molar-refractivity contribution in [3.8, 4) is 0 Å². The van der Waals surface area contributed by atoms with E-state index in [1.54, 1.807) is 0 Å². The molecule has 0 bridgehead atoms. The van der Waals surface area contributed by atoms with Crippen molar-refractivity contribution in [2.75, 3.05) is 6.54 Å². The Balaban J connectivity index is 1.69. The molecule has 0 aromatic heterocycles. The topological polar surface area (TPSA) is 84.2 Å². The minimum absolute atomic E-state index is 0.00977. The molecule has 1 unspecified atom stereocenters. The Kier molecular flexibility index (Phi) is 3.66. The van der Waals surface area contributed by atoms with Crippen molar-refractivity contribution in [3.63, 3.8) is 0 Å². The lowest BCUT2D eigenvalue weighted by atomic mass is 9.94. The zero-order chi connectivity index (χ0) is 12.3. The molecule has 17 heavy (non-hydrogen) atoms. The molecule has 2 rings (SSSR count). The van der Waals surface area contributed by atoms with Crippen molar-refractivity contribution in [2.45, 2.75) is 56.5 Å². The summed E-state index contributed by atoms with van der Waals surface area (Å²) >= 11 is 0. The molecule has 5 heteroatoms. The summed E-state index contributed by atoms with van der Waals surface area (Å²) in [5, 5.41) is 5.69. The maximum absolute atomic E-state index is 11.7. The van der Waals surface area contributed by atoms with Gasteiger partial charge in [-0.25, -0.2) is 0 Å². The molecular formula is C12H21N3O2. The van der Waals surface area contributed by atoms with Gasteiger partial charge in [-0.05, 0) is 19.3 Å². The summed E-state index contributed by atoms with van der Waals surface area (Å²) in [6, 6.07) is 0.101. The minimum atomic E-state index is -0.289. The molecule has 2 aliphatic rings. The lowest BCUT2D eigenvalue weighted by Crippen LogP contribution is -2.44. The molecule has 0 aromatic rings. The van der Waals surface area contributed by atoms with E-state index in [1.807, 2.05) is 0 Å². The summed E-state index contributed by atoms with van der Waals surface area (Å²) in [6.07, 6.45) is 5.94. The fourth-order valence-corrected chi connectivity index (χ4v) is 2.71. The predicted molar refractivity (Wildman–Crippen MR) is 64.2 cm³/mol. The maximum Gasteiger partial charge on any atom is 0.221 e. The molecule has 4 N–H and O–H groups in total. The molecule has 2 amide bonds. The van der Waals surface area contributed by atoms with E-state index in [1.165, 1.54) is 0 Å². The lowest BCUT2D eigenvalue weighted by molar-refractivity contribution is -0.123. The highest BCUT2D eigenvalue weighted by molar-refractivity contribution is 5.79. The molecule has 0 spiro atoms. The third kappa shape index (κ3) is 3.43. The first-order valence-corrected chi connectivity index (χ1v) is 6.42. The standard InChI is InChI=1S/C12H21N3O2/c13-12(5-1-2-6-12)7-11(17)14-8-9-3-4-10(16)15-9/h9H,1-8,13H2,(H,14,17)(H,15,16).